The summed E-state index contributed by atoms with van der Waals surface area (Å²) in [6.45, 7) is 1.59. The number of carbonyl (C=O) groups excluding carboxylic acids is 2. The third kappa shape index (κ3) is 4.52. The van der Waals surface area contributed by atoms with E-state index in [9.17, 15) is 19.8 Å². The normalized spacial score (nSPS) is 16.2. The van der Waals surface area contributed by atoms with Crippen LogP contribution in [-0.2, 0) is 9.59 Å². The lowest BCUT2D eigenvalue weighted by Gasteiger charge is -2.22. The van der Waals surface area contributed by atoms with E-state index in [4.69, 9.17) is 17.0 Å². The molecule has 1 saturated heterocycles. The van der Waals surface area contributed by atoms with Crippen LogP contribution in [0.1, 0.15) is 12.5 Å². The van der Waals surface area contributed by atoms with Crippen molar-refractivity contribution in [3.63, 3.8) is 0 Å². The van der Waals surface area contributed by atoms with Gasteiger partial charge in [0, 0.05) is 17.3 Å². The summed E-state index contributed by atoms with van der Waals surface area (Å²) >= 11 is 6.33. The van der Waals surface area contributed by atoms with Crippen LogP contribution in [0.3, 0.4) is 0 Å². The predicted octanol–water partition coefficient (Wildman–Crippen LogP) is 3.33. The molecular formula is C20H18N2O5S2. The number of rotatable bonds is 5. The van der Waals surface area contributed by atoms with Crippen molar-refractivity contribution < 1.29 is 24.5 Å². The number of aromatic hydroxyl groups is 2. The summed E-state index contributed by atoms with van der Waals surface area (Å²) in [4.78, 5) is 26.9. The number of phenolic OH excluding ortho intramolecular Hbond substituents is 2. The van der Waals surface area contributed by atoms with Crippen LogP contribution in [0.5, 0.6) is 17.2 Å². The van der Waals surface area contributed by atoms with Gasteiger partial charge in [-0.05, 0) is 49.4 Å². The van der Waals surface area contributed by atoms with E-state index in [1.165, 1.54) is 29.2 Å². The van der Waals surface area contributed by atoms with Crippen molar-refractivity contribution in [1.29, 1.82) is 0 Å². The van der Waals surface area contributed by atoms with Crippen LogP contribution >= 0.6 is 24.0 Å². The lowest BCUT2D eigenvalue weighted by molar-refractivity contribution is -0.129. The second-order valence-electron chi connectivity index (χ2n) is 6.19. The van der Waals surface area contributed by atoms with Gasteiger partial charge in [-0.3, -0.25) is 14.5 Å². The van der Waals surface area contributed by atoms with Gasteiger partial charge < -0.3 is 20.3 Å². The van der Waals surface area contributed by atoms with Gasteiger partial charge in [0.05, 0.1) is 12.0 Å². The molecule has 1 atom stereocenters. The van der Waals surface area contributed by atoms with Gasteiger partial charge in [0.25, 0.3) is 5.91 Å². The van der Waals surface area contributed by atoms with Gasteiger partial charge >= 0.3 is 0 Å². The number of benzene rings is 2. The summed E-state index contributed by atoms with van der Waals surface area (Å²) in [6, 6.07) is 10.1. The molecular weight excluding hydrogens is 412 g/mol. The number of nitrogens with zero attached hydrogens (tertiary/aromatic N) is 1. The number of amides is 2. The zero-order valence-corrected chi connectivity index (χ0v) is 17.2. The topological polar surface area (TPSA) is 99.1 Å². The van der Waals surface area contributed by atoms with Gasteiger partial charge in [0.2, 0.25) is 5.91 Å². The maximum atomic E-state index is 12.8. The van der Waals surface area contributed by atoms with E-state index < -0.39 is 11.9 Å². The molecule has 0 radical (unpaired) electrons. The number of hydrogen-bond donors (Lipinski definition) is 3. The zero-order valence-electron chi connectivity index (χ0n) is 15.6. The van der Waals surface area contributed by atoms with E-state index in [1.54, 1.807) is 38.3 Å². The standard InChI is InChI=1S/C20H18N2O5S2/c1-11(18(25)21-13-4-7-15(27-2)8-5-13)22-19(26)17(29-20(22)28)9-12-3-6-14(23)10-16(12)24/h3-11,23-24H,1-2H3,(H,21,25)/b17-9-. The first-order valence-electron chi connectivity index (χ1n) is 8.54. The van der Waals surface area contributed by atoms with Crippen LogP contribution in [0.15, 0.2) is 47.4 Å². The lowest BCUT2D eigenvalue weighted by atomic mass is 10.1. The Bertz CT molecular complexity index is 1000. The summed E-state index contributed by atoms with van der Waals surface area (Å²) in [5.74, 6) is -0.405. The van der Waals surface area contributed by atoms with Crippen LogP contribution in [0.25, 0.3) is 6.08 Å². The minimum absolute atomic E-state index is 0.0870. The molecule has 0 spiro atoms. The highest BCUT2D eigenvalue weighted by molar-refractivity contribution is 8.26. The van der Waals surface area contributed by atoms with Crippen LogP contribution in [0.2, 0.25) is 0 Å². The molecule has 0 aromatic heterocycles. The fourth-order valence-corrected chi connectivity index (χ4v) is 4.06. The number of anilines is 1. The van der Waals surface area contributed by atoms with Crippen molar-refractivity contribution in [1.82, 2.24) is 4.90 Å². The van der Waals surface area contributed by atoms with Crippen LogP contribution in [0, 0.1) is 0 Å². The van der Waals surface area contributed by atoms with Crippen molar-refractivity contribution in [2.45, 2.75) is 13.0 Å². The second kappa shape index (κ2) is 8.54. The first-order chi connectivity index (χ1) is 13.8. The molecule has 0 bridgehead atoms. The quantitative estimate of drug-likeness (QED) is 0.494. The number of carbonyl (C=O) groups is 2. The predicted molar refractivity (Wildman–Crippen MR) is 116 cm³/mol. The molecule has 1 unspecified atom stereocenters. The molecule has 29 heavy (non-hydrogen) atoms. The maximum absolute atomic E-state index is 12.8. The molecule has 2 amide bonds. The van der Waals surface area contributed by atoms with Crippen LogP contribution in [-0.4, -0.2) is 44.4 Å². The molecule has 2 aromatic carbocycles. The average molecular weight is 431 g/mol. The van der Waals surface area contributed by atoms with Crippen molar-refractivity contribution in [3.05, 3.63) is 52.9 Å². The number of ether oxygens (including phenoxy) is 1. The average Bonchev–Trinajstić information content (AvgIpc) is 2.97. The van der Waals surface area contributed by atoms with Gasteiger partial charge in [-0.2, -0.15) is 0 Å². The summed E-state index contributed by atoms with van der Waals surface area (Å²) in [5.41, 5.74) is 0.927. The summed E-state index contributed by atoms with van der Waals surface area (Å²) in [6.07, 6.45) is 1.47. The third-order valence-electron chi connectivity index (χ3n) is 4.25. The fraction of sp³-hybridized carbons (Fsp3) is 0.150. The van der Waals surface area contributed by atoms with Crippen molar-refractivity contribution in [2.24, 2.45) is 0 Å². The van der Waals surface area contributed by atoms with E-state index in [2.05, 4.69) is 5.32 Å². The van der Waals surface area contributed by atoms with E-state index in [0.717, 1.165) is 11.8 Å². The second-order valence-corrected chi connectivity index (χ2v) is 7.86. The highest BCUT2D eigenvalue weighted by Crippen LogP contribution is 2.36. The highest BCUT2D eigenvalue weighted by Gasteiger charge is 2.38. The van der Waals surface area contributed by atoms with E-state index in [1.807, 2.05) is 0 Å². The van der Waals surface area contributed by atoms with Crippen LogP contribution < -0.4 is 10.1 Å². The minimum atomic E-state index is -0.830. The molecule has 150 valence electrons. The largest absolute Gasteiger partial charge is 0.508 e. The summed E-state index contributed by atoms with van der Waals surface area (Å²) < 4.78 is 5.33. The molecule has 3 N–H and O–H groups in total. The Labute approximate surface area is 177 Å². The molecule has 3 rings (SSSR count). The monoisotopic (exact) mass is 430 g/mol. The van der Waals surface area contributed by atoms with Crippen molar-refractivity contribution in [3.8, 4) is 17.2 Å². The van der Waals surface area contributed by atoms with E-state index in [0.29, 0.717) is 17.0 Å². The number of thiocarbonyl (C=S) groups is 1. The molecule has 1 fully saturated rings. The van der Waals surface area contributed by atoms with Gasteiger partial charge in [-0.1, -0.05) is 24.0 Å². The smallest absolute Gasteiger partial charge is 0.266 e. The Morgan fingerprint density at radius 2 is 1.93 bits per heavy atom. The molecule has 0 saturated carbocycles. The molecule has 1 aliphatic rings. The first kappa shape index (κ1) is 20.7. The lowest BCUT2D eigenvalue weighted by Crippen LogP contribution is -2.44. The number of nitrogens with one attached hydrogen (secondary N) is 1. The SMILES string of the molecule is COc1ccc(NC(=O)C(C)N2C(=O)/C(=C/c3ccc(O)cc3O)SC2=S)cc1. The van der Waals surface area contributed by atoms with Gasteiger partial charge in [-0.25, -0.2) is 0 Å². The van der Waals surface area contributed by atoms with E-state index >= 15 is 0 Å². The Kier molecular flexibility index (Phi) is 6.09. The van der Waals surface area contributed by atoms with Crippen molar-refractivity contribution >= 4 is 51.9 Å². The molecule has 0 aliphatic carbocycles. The molecule has 2 aromatic rings. The summed E-state index contributed by atoms with van der Waals surface area (Å²) in [7, 11) is 1.55. The molecule has 1 heterocycles. The maximum Gasteiger partial charge on any atom is 0.266 e. The minimum Gasteiger partial charge on any atom is -0.508 e. The Morgan fingerprint density at radius 1 is 1.24 bits per heavy atom. The number of hydrogen-bond acceptors (Lipinski definition) is 7. The Hall–Kier alpha value is -3.04. The number of methoxy groups -OCH3 is 1. The molecule has 1 aliphatic heterocycles. The van der Waals surface area contributed by atoms with Gasteiger partial charge in [0.15, 0.2) is 0 Å². The third-order valence-corrected chi connectivity index (χ3v) is 5.58. The van der Waals surface area contributed by atoms with Gasteiger partial charge in [0.1, 0.15) is 27.6 Å². The van der Waals surface area contributed by atoms with Crippen molar-refractivity contribution in [2.75, 3.05) is 12.4 Å². The highest BCUT2D eigenvalue weighted by atomic mass is 32.2. The zero-order chi connectivity index (χ0) is 21.1. The molecule has 9 heteroatoms. The Morgan fingerprint density at radius 3 is 2.55 bits per heavy atom. The summed E-state index contributed by atoms with van der Waals surface area (Å²) in [5, 5.41) is 22.1. The first-order valence-corrected chi connectivity index (χ1v) is 9.76. The molecule has 7 nitrogen and oxygen atoms in total. The number of thioether (sulfide) groups is 1. The number of phenols is 2. The van der Waals surface area contributed by atoms with Crippen LogP contribution in [0.4, 0.5) is 5.69 Å². The van der Waals surface area contributed by atoms with E-state index in [-0.39, 0.29) is 26.6 Å². The fourth-order valence-electron chi connectivity index (χ4n) is 2.65. The van der Waals surface area contributed by atoms with Gasteiger partial charge in [-0.15, -0.1) is 0 Å². The Balaban J connectivity index is 1.75.